The van der Waals surface area contributed by atoms with Crippen molar-refractivity contribution in [2.75, 3.05) is 19.6 Å². The summed E-state index contributed by atoms with van der Waals surface area (Å²) in [6.45, 7) is 15.7. The van der Waals surface area contributed by atoms with Crippen LogP contribution in [0.4, 0.5) is 4.79 Å². The zero-order valence-corrected chi connectivity index (χ0v) is 16.4. The maximum Gasteiger partial charge on any atom is 0.410 e. The second kappa shape index (κ2) is 8.19. The van der Waals surface area contributed by atoms with E-state index in [1.165, 1.54) is 0 Å². The van der Waals surface area contributed by atoms with Crippen LogP contribution in [-0.4, -0.2) is 54.2 Å². The van der Waals surface area contributed by atoms with E-state index >= 15 is 0 Å². The van der Waals surface area contributed by atoms with Gasteiger partial charge in [0.05, 0.1) is 6.04 Å². The van der Waals surface area contributed by atoms with Gasteiger partial charge in [0.25, 0.3) is 0 Å². The normalized spacial score (nSPS) is 22.5. The van der Waals surface area contributed by atoms with E-state index in [-0.39, 0.29) is 29.5 Å². The minimum atomic E-state index is -0.488. The third kappa shape index (κ3) is 7.07. The van der Waals surface area contributed by atoms with Crippen molar-refractivity contribution in [1.29, 1.82) is 0 Å². The Morgan fingerprint density at radius 1 is 1.33 bits per heavy atom. The summed E-state index contributed by atoms with van der Waals surface area (Å²) >= 11 is 0. The van der Waals surface area contributed by atoms with E-state index < -0.39 is 5.60 Å². The maximum atomic E-state index is 12.4. The monoisotopic (exact) mass is 341 g/mol. The highest BCUT2D eigenvalue weighted by molar-refractivity contribution is 5.81. The molecule has 2 unspecified atom stereocenters. The molecule has 2 N–H and O–H groups in total. The topological polar surface area (TPSA) is 70.7 Å². The summed E-state index contributed by atoms with van der Waals surface area (Å²) in [5.74, 6) is 0.0172. The molecule has 2 amide bonds. The average Bonchev–Trinajstić information content (AvgIpc) is 2.55. The van der Waals surface area contributed by atoms with Crippen molar-refractivity contribution in [1.82, 2.24) is 15.5 Å². The Balaban J connectivity index is 2.70. The summed E-state index contributed by atoms with van der Waals surface area (Å²) in [5, 5.41) is 6.25. The lowest BCUT2D eigenvalue weighted by atomic mass is 9.85. The molecular weight excluding hydrogens is 306 g/mol. The summed E-state index contributed by atoms with van der Waals surface area (Å²) in [6, 6.07) is -0.0381. The number of nitrogens with zero attached hydrogens (tertiary/aromatic N) is 1. The van der Waals surface area contributed by atoms with Crippen LogP contribution >= 0.6 is 0 Å². The minimum Gasteiger partial charge on any atom is -0.444 e. The molecule has 0 radical (unpaired) electrons. The first-order chi connectivity index (χ1) is 10.9. The molecule has 0 saturated carbocycles. The molecule has 0 aromatic heterocycles. The fraction of sp³-hybridized carbons (Fsp3) is 0.889. The Morgan fingerprint density at radius 3 is 2.50 bits per heavy atom. The number of carbonyl (C=O) groups excluding carboxylic acids is 2. The van der Waals surface area contributed by atoms with Gasteiger partial charge in [-0.3, -0.25) is 4.79 Å². The first-order valence-corrected chi connectivity index (χ1v) is 8.95. The van der Waals surface area contributed by atoms with Crippen LogP contribution in [-0.2, 0) is 9.53 Å². The number of hydrogen-bond acceptors (Lipinski definition) is 4. The second-order valence-electron chi connectivity index (χ2n) is 8.54. The number of ether oxygens (including phenoxy) is 1. The fourth-order valence-electron chi connectivity index (χ4n) is 3.12. The van der Waals surface area contributed by atoms with Crippen LogP contribution in [0, 0.1) is 5.41 Å². The molecule has 1 aliphatic heterocycles. The van der Waals surface area contributed by atoms with Crippen molar-refractivity contribution >= 4 is 12.0 Å². The van der Waals surface area contributed by atoms with Crippen LogP contribution in [0.25, 0.3) is 0 Å². The Morgan fingerprint density at radius 2 is 1.96 bits per heavy atom. The average molecular weight is 341 g/mol. The fourth-order valence-corrected chi connectivity index (χ4v) is 3.12. The molecular formula is C18H35N3O3. The molecule has 0 bridgehead atoms. The van der Waals surface area contributed by atoms with Gasteiger partial charge in [0, 0.05) is 25.7 Å². The number of carbonyl (C=O) groups is 2. The van der Waals surface area contributed by atoms with Crippen LogP contribution < -0.4 is 10.6 Å². The standard InChI is InChI=1S/C18H35N3O3/c1-8-19-15(22)13(2)20-14-9-10-21(12-18(6,7)11-14)16(23)24-17(3,4)5/h13-14,20H,8-12H2,1-7H3,(H,19,22). The summed E-state index contributed by atoms with van der Waals surface area (Å²) < 4.78 is 5.52. The van der Waals surface area contributed by atoms with Gasteiger partial charge in [-0.2, -0.15) is 0 Å². The van der Waals surface area contributed by atoms with Crippen LogP contribution in [0.3, 0.4) is 0 Å². The predicted molar refractivity (Wildman–Crippen MR) is 95.9 cm³/mol. The number of likely N-dealkylation sites (tertiary alicyclic amines) is 1. The number of hydrogen-bond donors (Lipinski definition) is 2. The van der Waals surface area contributed by atoms with Gasteiger partial charge in [-0.15, -0.1) is 0 Å². The van der Waals surface area contributed by atoms with E-state index in [2.05, 4.69) is 24.5 Å². The Labute approximate surface area is 146 Å². The molecule has 1 aliphatic rings. The van der Waals surface area contributed by atoms with E-state index in [0.29, 0.717) is 19.6 Å². The molecule has 1 saturated heterocycles. The van der Waals surface area contributed by atoms with Crippen molar-refractivity contribution in [2.24, 2.45) is 5.41 Å². The first kappa shape index (κ1) is 20.7. The molecule has 6 nitrogen and oxygen atoms in total. The van der Waals surface area contributed by atoms with Crippen molar-refractivity contribution in [2.45, 2.75) is 79.0 Å². The van der Waals surface area contributed by atoms with E-state index in [4.69, 9.17) is 4.74 Å². The Hall–Kier alpha value is -1.30. The van der Waals surface area contributed by atoms with Crippen molar-refractivity contribution < 1.29 is 14.3 Å². The van der Waals surface area contributed by atoms with E-state index in [1.54, 1.807) is 4.90 Å². The molecule has 1 fully saturated rings. The van der Waals surface area contributed by atoms with E-state index in [1.807, 2.05) is 34.6 Å². The van der Waals surface area contributed by atoms with Crippen molar-refractivity contribution in [3.63, 3.8) is 0 Å². The molecule has 0 aromatic carbocycles. The van der Waals surface area contributed by atoms with Crippen LogP contribution in [0.15, 0.2) is 0 Å². The number of likely N-dealkylation sites (N-methyl/N-ethyl adjacent to an activating group) is 1. The van der Waals surface area contributed by atoms with Gasteiger partial charge < -0.3 is 20.3 Å². The number of amides is 2. The molecule has 1 heterocycles. The number of rotatable bonds is 4. The molecule has 0 aromatic rings. The summed E-state index contributed by atoms with van der Waals surface area (Å²) in [6.07, 6.45) is 1.47. The van der Waals surface area contributed by atoms with E-state index in [9.17, 15) is 9.59 Å². The first-order valence-electron chi connectivity index (χ1n) is 8.95. The summed E-state index contributed by atoms with van der Waals surface area (Å²) in [5.41, 5.74) is -0.524. The Kier molecular flexibility index (Phi) is 7.08. The third-order valence-electron chi connectivity index (χ3n) is 4.05. The molecule has 140 valence electrons. The largest absolute Gasteiger partial charge is 0.444 e. The maximum absolute atomic E-state index is 12.4. The molecule has 1 rings (SSSR count). The SMILES string of the molecule is CCNC(=O)C(C)NC1CCN(C(=O)OC(C)(C)C)CC(C)(C)C1. The molecule has 0 aliphatic carbocycles. The minimum absolute atomic E-state index is 0.0172. The molecule has 2 atom stereocenters. The lowest BCUT2D eigenvalue weighted by Crippen LogP contribution is -2.47. The molecule has 24 heavy (non-hydrogen) atoms. The van der Waals surface area contributed by atoms with Gasteiger partial charge >= 0.3 is 6.09 Å². The highest BCUT2D eigenvalue weighted by Crippen LogP contribution is 2.29. The number of nitrogens with one attached hydrogen (secondary N) is 2. The molecule has 6 heteroatoms. The van der Waals surface area contributed by atoms with Gasteiger partial charge in [-0.1, -0.05) is 13.8 Å². The van der Waals surface area contributed by atoms with Crippen LogP contribution in [0.5, 0.6) is 0 Å². The van der Waals surface area contributed by atoms with Gasteiger partial charge in [-0.25, -0.2) is 4.79 Å². The highest BCUT2D eigenvalue weighted by atomic mass is 16.6. The lowest BCUT2D eigenvalue weighted by molar-refractivity contribution is -0.122. The summed E-state index contributed by atoms with van der Waals surface area (Å²) in [4.78, 5) is 26.1. The predicted octanol–water partition coefficient (Wildman–Crippen LogP) is 2.53. The molecule has 0 spiro atoms. The van der Waals surface area contributed by atoms with Gasteiger partial charge in [-0.05, 0) is 52.9 Å². The summed E-state index contributed by atoms with van der Waals surface area (Å²) in [7, 11) is 0. The van der Waals surface area contributed by atoms with Crippen molar-refractivity contribution in [3.8, 4) is 0 Å². The van der Waals surface area contributed by atoms with Crippen LogP contribution in [0.2, 0.25) is 0 Å². The van der Waals surface area contributed by atoms with Gasteiger partial charge in [0.2, 0.25) is 5.91 Å². The van der Waals surface area contributed by atoms with Crippen LogP contribution in [0.1, 0.15) is 61.3 Å². The van der Waals surface area contributed by atoms with E-state index in [0.717, 1.165) is 12.8 Å². The Bertz CT molecular complexity index is 443. The second-order valence-corrected chi connectivity index (χ2v) is 8.54. The van der Waals surface area contributed by atoms with Crippen molar-refractivity contribution in [3.05, 3.63) is 0 Å². The zero-order chi connectivity index (χ0) is 18.5. The smallest absolute Gasteiger partial charge is 0.410 e. The quantitative estimate of drug-likeness (QED) is 0.824. The lowest BCUT2D eigenvalue weighted by Gasteiger charge is -2.32. The highest BCUT2D eigenvalue weighted by Gasteiger charge is 2.34. The zero-order valence-electron chi connectivity index (χ0n) is 16.4. The third-order valence-corrected chi connectivity index (χ3v) is 4.05. The van der Waals surface area contributed by atoms with Gasteiger partial charge in [0.15, 0.2) is 0 Å². The van der Waals surface area contributed by atoms with Gasteiger partial charge in [0.1, 0.15) is 5.60 Å².